The average molecular weight is 392 g/mol. The first-order chi connectivity index (χ1) is 14.0. The van der Waals surface area contributed by atoms with Crippen LogP contribution < -0.4 is 9.64 Å². The number of hydrogen-bond donors (Lipinski definition) is 1. The molecule has 3 heterocycles. The molecule has 2 fully saturated rings. The van der Waals surface area contributed by atoms with E-state index in [9.17, 15) is 9.90 Å². The highest BCUT2D eigenvalue weighted by Gasteiger charge is 2.40. The molecule has 0 atom stereocenters. The second-order valence-electron chi connectivity index (χ2n) is 8.40. The number of carboxylic acid groups (broad SMARTS) is 1. The van der Waals surface area contributed by atoms with Gasteiger partial charge < -0.3 is 14.7 Å². The molecular weight excluding hydrogens is 368 g/mol. The van der Waals surface area contributed by atoms with Gasteiger partial charge in [0.05, 0.1) is 23.9 Å². The Hall–Kier alpha value is -2.96. The zero-order valence-corrected chi connectivity index (χ0v) is 16.5. The number of aliphatic carboxylic acids is 1. The van der Waals surface area contributed by atoms with Crippen molar-refractivity contribution in [1.82, 2.24) is 9.97 Å². The van der Waals surface area contributed by atoms with Crippen molar-refractivity contribution < 1.29 is 14.6 Å². The van der Waals surface area contributed by atoms with Crippen LogP contribution in [-0.2, 0) is 11.3 Å². The molecule has 0 radical (unpaired) electrons. The Labute approximate surface area is 169 Å². The van der Waals surface area contributed by atoms with Crippen LogP contribution in [0.5, 0.6) is 5.75 Å². The molecule has 1 N–H and O–H groups in total. The van der Waals surface area contributed by atoms with Crippen LogP contribution >= 0.6 is 0 Å². The number of piperidine rings is 1. The van der Waals surface area contributed by atoms with Crippen LogP contribution in [0.1, 0.15) is 49.4 Å². The number of carboxylic acids is 1. The molecule has 3 aliphatic rings. The number of rotatable bonds is 5. The highest BCUT2D eigenvalue weighted by atomic mass is 16.5. The first kappa shape index (κ1) is 18.1. The van der Waals surface area contributed by atoms with Crippen LogP contribution in [0.4, 0.5) is 5.82 Å². The van der Waals surface area contributed by atoms with Crippen LogP contribution in [0.15, 0.2) is 35.6 Å². The Bertz CT molecular complexity index is 991. The van der Waals surface area contributed by atoms with E-state index in [4.69, 9.17) is 9.73 Å². The highest BCUT2D eigenvalue weighted by Crippen LogP contribution is 2.40. The van der Waals surface area contributed by atoms with Gasteiger partial charge in [0.2, 0.25) is 0 Å². The number of nitrogens with zero attached hydrogens (tertiary/aromatic N) is 4. The molecule has 0 bridgehead atoms. The van der Waals surface area contributed by atoms with Crippen LogP contribution in [-0.4, -0.2) is 45.4 Å². The van der Waals surface area contributed by atoms with E-state index in [1.807, 2.05) is 12.1 Å². The van der Waals surface area contributed by atoms with E-state index in [2.05, 4.69) is 33.9 Å². The number of carbonyl (C=O) groups is 1. The summed E-state index contributed by atoms with van der Waals surface area (Å²) in [5.41, 5.74) is 3.89. The first-order valence-electron chi connectivity index (χ1n) is 10.2. The second kappa shape index (κ2) is 6.83. The molecule has 1 saturated heterocycles. The lowest BCUT2D eigenvalue weighted by Gasteiger charge is -2.31. The van der Waals surface area contributed by atoms with Crippen molar-refractivity contribution >= 4 is 17.5 Å². The van der Waals surface area contributed by atoms with Gasteiger partial charge in [-0.05, 0) is 50.3 Å². The van der Waals surface area contributed by atoms with Crippen LogP contribution in [0.2, 0.25) is 0 Å². The molecule has 0 amide bonds. The number of aliphatic imine (C=N–C) groups is 1. The number of anilines is 1. The van der Waals surface area contributed by atoms with Crippen molar-refractivity contribution in [2.24, 2.45) is 10.9 Å². The van der Waals surface area contributed by atoms with E-state index < -0.39 is 5.97 Å². The SMILES string of the molecule is CC1(Oc2ccc3c(c2)C(c2cc(N4CCC(C(=O)O)CC4)ncn2)=NC3)CC1. The van der Waals surface area contributed by atoms with Crippen molar-refractivity contribution in [3.8, 4) is 5.75 Å². The molecule has 5 rings (SSSR count). The summed E-state index contributed by atoms with van der Waals surface area (Å²) >= 11 is 0. The summed E-state index contributed by atoms with van der Waals surface area (Å²) in [6.45, 7) is 4.16. The zero-order valence-electron chi connectivity index (χ0n) is 16.5. The predicted molar refractivity (Wildman–Crippen MR) is 109 cm³/mol. The summed E-state index contributed by atoms with van der Waals surface area (Å²) in [6, 6.07) is 8.15. The molecule has 1 aromatic carbocycles. The average Bonchev–Trinajstić information content (AvgIpc) is 3.31. The Morgan fingerprint density at radius 3 is 2.72 bits per heavy atom. The zero-order chi connectivity index (χ0) is 20.0. The molecule has 1 aliphatic carbocycles. The molecule has 29 heavy (non-hydrogen) atoms. The van der Waals surface area contributed by atoms with E-state index in [1.165, 1.54) is 5.56 Å². The van der Waals surface area contributed by atoms with Crippen molar-refractivity contribution in [1.29, 1.82) is 0 Å². The van der Waals surface area contributed by atoms with E-state index in [1.54, 1.807) is 6.33 Å². The Balaban J connectivity index is 1.37. The van der Waals surface area contributed by atoms with Gasteiger partial charge in [0, 0.05) is 24.7 Å². The summed E-state index contributed by atoms with van der Waals surface area (Å²) in [5.74, 6) is 0.740. The monoisotopic (exact) mass is 392 g/mol. The summed E-state index contributed by atoms with van der Waals surface area (Å²) < 4.78 is 6.13. The molecule has 0 spiro atoms. The Kier molecular flexibility index (Phi) is 4.26. The van der Waals surface area contributed by atoms with Crippen LogP contribution in [0, 0.1) is 5.92 Å². The van der Waals surface area contributed by atoms with Crippen LogP contribution in [0.25, 0.3) is 0 Å². The third kappa shape index (κ3) is 3.57. The van der Waals surface area contributed by atoms with Gasteiger partial charge in [0.15, 0.2) is 0 Å². The third-order valence-corrected chi connectivity index (χ3v) is 6.13. The van der Waals surface area contributed by atoms with Gasteiger partial charge in [-0.1, -0.05) is 6.07 Å². The molecule has 1 saturated carbocycles. The fourth-order valence-corrected chi connectivity index (χ4v) is 4.01. The van der Waals surface area contributed by atoms with E-state index in [-0.39, 0.29) is 11.5 Å². The predicted octanol–water partition coefficient (Wildman–Crippen LogP) is 3.06. The number of aromatic nitrogens is 2. The van der Waals surface area contributed by atoms with Gasteiger partial charge in [-0.15, -0.1) is 0 Å². The minimum absolute atomic E-state index is 0.0195. The largest absolute Gasteiger partial charge is 0.488 e. The standard InChI is InChI=1S/C22H24N4O3/c1-22(6-7-22)29-16-3-2-15-12-23-20(17(15)10-16)18-11-19(25-13-24-18)26-8-4-14(5-9-26)21(27)28/h2-3,10-11,13-14H,4-9,12H2,1H3,(H,27,28). The van der Waals surface area contributed by atoms with E-state index in [0.717, 1.165) is 41.4 Å². The van der Waals surface area contributed by atoms with Crippen LogP contribution in [0.3, 0.4) is 0 Å². The minimum Gasteiger partial charge on any atom is -0.488 e. The van der Waals surface area contributed by atoms with Gasteiger partial charge in [-0.2, -0.15) is 0 Å². The molecule has 7 heteroatoms. The molecular formula is C22H24N4O3. The number of ether oxygens (including phenoxy) is 1. The molecule has 2 aromatic rings. The molecule has 150 valence electrons. The lowest BCUT2D eigenvalue weighted by atomic mass is 9.97. The van der Waals surface area contributed by atoms with Crippen molar-refractivity contribution in [3.05, 3.63) is 47.4 Å². The number of fused-ring (bicyclic) bond motifs is 1. The fourth-order valence-electron chi connectivity index (χ4n) is 4.01. The van der Waals surface area contributed by atoms with Gasteiger partial charge in [-0.25, -0.2) is 9.97 Å². The molecule has 2 aliphatic heterocycles. The Morgan fingerprint density at radius 1 is 1.21 bits per heavy atom. The summed E-state index contributed by atoms with van der Waals surface area (Å²) in [6.07, 6.45) is 5.04. The fraction of sp³-hybridized carbons (Fsp3) is 0.455. The summed E-state index contributed by atoms with van der Waals surface area (Å²) in [4.78, 5) is 26.9. The van der Waals surface area contributed by atoms with Gasteiger partial charge in [0.1, 0.15) is 23.5 Å². The van der Waals surface area contributed by atoms with E-state index >= 15 is 0 Å². The highest BCUT2D eigenvalue weighted by molar-refractivity contribution is 6.14. The van der Waals surface area contributed by atoms with Crippen molar-refractivity contribution in [2.75, 3.05) is 18.0 Å². The van der Waals surface area contributed by atoms with Gasteiger partial charge in [-0.3, -0.25) is 9.79 Å². The van der Waals surface area contributed by atoms with Gasteiger partial charge in [0.25, 0.3) is 0 Å². The topological polar surface area (TPSA) is 87.9 Å². The first-order valence-corrected chi connectivity index (χ1v) is 10.2. The molecule has 0 unspecified atom stereocenters. The number of hydrogen-bond acceptors (Lipinski definition) is 6. The minimum atomic E-state index is -0.706. The molecule has 1 aromatic heterocycles. The van der Waals surface area contributed by atoms with Crippen molar-refractivity contribution in [3.63, 3.8) is 0 Å². The smallest absolute Gasteiger partial charge is 0.306 e. The lowest BCUT2D eigenvalue weighted by Crippen LogP contribution is -2.36. The maximum atomic E-state index is 11.2. The quantitative estimate of drug-likeness (QED) is 0.841. The number of benzene rings is 1. The van der Waals surface area contributed by atoms with E-state index in [0.29, 0.717) is 32.5 Å². The third-order valence-electron chi connectivity index (χ3n) is 6.13. The summed E-state index contributed by atoms with van der Waals surface area (Å²) in [5, 5.41) is 9.20. The second-order valence-corrected chi connectivity index (χ2v) is 8.40. The normalized spacial score (nSPS) is 20.2. The molecule has 7 nitrogen and oxygen atoms in total. The van der Waals surface area contributed by atoms with Crippen molar-refractivity contribution in [2.45, 2.75) is 44.8 Å². The lowest BCUT2D eigenvalue weighted by molar-refractivity contribution is -0.142. The Morgan fingerprint density at radius 2 is 2.00 bits per heavy atom. The maximum Gasteiger partial charge on any atom is 0.306 e. The maximum absolute atomic E-state index is 11.2. The summed E-state index contributed by atoms with van der Waals surface area (Å²) in [7, 11) is 0. The van der Waals surface area contributed by atoms with Gasteiger partial charge >= 0.3 is 5.97 Å².